The summed E-state index contributed by atoms with van der Waals surface area (Å²) in [6.45, 7) is 3.89. The van der Waals surface area contributed by atoms with Gasteiger partial charge in [-0.05, 0) is 66.9 Å². The highest BCUT2D eigenvalue weighted by Gasteiger charge is 2.09. The van der Waals surface area contributed by atoms with E-state index in [0.717, 1.165) is 35.0 Å². The normalized spacial score (nSPS) is 11.2. The molecule has 2 heterocycles. The van der Waals surface area contributed by atoms with E-state index in [0.29, 0.717) is 24.7 Å². The summed E-state index contributed by atoms with van der Waals surface area (Å²) in [6, 6.07) is 15.6. The molecular weight excluding hydrogens is 548 g/mol. The van der Waals surface area contributed by atoms with Crippen LogP contribution in [0.5, 0.6) is 0 Å². The molecule has 0 saturated heterocycles. The zero-order chi connectivity index (χ0) is 23.0. The summed E-state index contributed by atoms with van der Waals surface area (Å²) in [7, 11) is 0. The van der Waals surface area contributed by atoms with Crippen LogP contribution in [0.25, 0.3) is 10.9 Å². The molecule has 0 spiro atoms. The van der Waals surface area contributed by atoms with Gasteiger partial charge in [0.25, 0.3) is 5.91 Å². The first-order chi connectivity index (χ1) is 16.1. The summed E-state index contributed by atoms with van der Waals surface area (Å²) in [6.07, 6.45) is 4.12. The second-order valence-electron chi connectivity index (χ2n) is 7.50. The molecule has 2 aromatic carbocycles. The van der Waals surface area contributed by atoms with Gasteiger partial charge in [0.05, 0.1) is 12.8 Å². The minimum Gasteiger partial charge on any atom is -0.459 e. The Labute approximate surface area is 214 Å². The van der Waals surface area contributed by atoms with E-state index in [-0.39, 0.29) is 41.5 Å². The highest BCUT2D eigenvalue weighted by molar-refractivity contribution is 14.0. The molecule has 0 unspecified atom stereocenters. The summed E-state index contributed by atoms with van der Waals surface area (Å²) >= 11 is 0. The molecule has 0 bridgehead atoms. The summed E-state index contributed by atoms with van der Waals surface area (Å²) in [5.41, 5.74) is 3.68. The monoisotopic (exact) mass is 575 g/mol. The molecule has 0 aliphatic heterocycles. The van der Waals surface area contributed by atoms with Crippen LogP contribution in [-0.4, -0.2) is 29.9 Å². The number of carbonyl (C=O) groups excluding carboxylic acids is 1. The molecule has 178 valence electrons. The maximum absolute atomic E-state index is 13.6. The quantitative estimate of drug-likeness (QED) is 0.134. The lowest BCUT2D eigenvalue weighted by Crippen LogP contribution is -2.38. The number of hydrogen-bond donors (Lipinski definition) is 4. The Morgan fingerprint density at radius 1 is 1.12 bits per heavy atom. The van der Waals surface area contributed by atoms with Crippen molar-refractivity contribution in [1.29, 1.82) is 0 Å². The van der Waals surface area contributed by atoms with Crippen LogP contribution in [-0.2, 0) is 13.0 Å². The Bertz CT molecular complexity index is 1240. The number of fused-ring (bicyclic) bond motifs is 1. The average molecular weight is 575 g/mol. The molecule has 34 heavy (non-hydrogen) atoms. The summed E-state index contributed by atoms with van der Waals surface area (Å²) in [5.74, 6) is 0.446. The first-order valence-electron chi connectivity index (χ1n) is 10.8. The number of aromatic amines is 1. The van der Waals surface area contributed by atoms with Crippen molar-refractivity contribution in [2.24, 2.45) is 4.99 Å². The summed E-state index contributed by atoms with van der Waals surface area (Å²) in [5, 5.41) is 10.3. The number of nitrogens with zero attached hydrogens (tertiary/aromatic N) is 1. The number of carbonyl (C=O) groups is 1. The van der Waals surface area contributed by atoms with Gasteiger partial charge in [-0.25, -0.2) is 9.38 Å². The zero-order valence-corrected chi connectivity index (χ0v) is 21.1. The van der Waals surface area contributed by atoms with Crippen molar-refractivity contribution in [3.05, 3.63) is 89.8 Å². The third-order valence-electron chi connectivity index (χ3n) is 5.14. The van der Waals surface area contributed by atoms with E-state index in [1.165, 1.54) is 12.3 Å². The minimum absolute atomic E-state index is 0. The largest absolute Gasteiger partial charge is 0.459 e. The van der Waals surface area contributed by atoms with E-state index in [4.69, 9.17) is 4.42 Å². The molecular formula is C25H27FIN5O2. The number of amides is 1. The number of aromatic nitrogens is 1. The van der Waals surface area contributed by atoms with Crippen LogP contribution in [0.2, 0.25) is 0 Å². The van der Waals surface area contributed by atoms with E-state index < -0.39 is 0 Å². The van der Waals surface area contributed by atoms with Crippen LogP contribution in [0.15, 0.2) is 76.5 Å². The topological polar surface area (TPSA) is 94.4 Å². The van der Waals surface area contributed by atoms with Crippen molar-refractivity contribution < 1.29 is 13.6 Å². The van der Waals surface area contributed by atoms with E-state index in [2.05, 4.69) is 25.9 Å². The minimum atomic E-state index is -0.289. The van der Waals surface area contributed by atoms with Gasteiger partial charge < -0.3 is 25.4 Å². The number of aliphatic imine (C=N–C) groups is 1. The first-order valence-corrected chi connectivity index (χ1v) is 10.8. The fraction of sp³-hybridized carbons (Fsp3) is 0.200. The summed E-state index contributed by atoms with van der Waals surface area (Å²) < 4.78 is 18.7. The molecule has 0 fully saturated rings. The van der Waals surface area contributed by atoms with E-state index in [9.17, 15) is 9.18 Å². The Morgan fingerprint density at radius 2 is 1.94 bits per heavy atom. The molecule has 0 aliphatic carbocycles. The predicted molar refractivity (Wildman–Crippen MR) is 143 cm³/mol. The molecule has 1 amide bonds. The standard InChI is InChI=1S/C25H26FN5O2.HI/c1-2-27-25(28-12-11-18-16-29-22-10-7-19(26)14-21(18)22)30-15-17-5-8-20(9-6-17)31-24(32)23-4-3-13-33-23;/h3-10,13-14,16,29H,2,11-12,15H2,1H3,(H,31,32)(H2,27,28,30);1H. The lowest BCUT2D eigenvalue weighted by molar-refractivity contribution is 0.0996. The van der Waals surface area contributed by atoms with Crippen molar-refractivity contribution in [2.45, 2.75) is 19.9 Å². The van der Waals surface area contributed by atoms with Gasteiger partial charge >= 0.3 is 0 Å². The molecule has 4 rings (SSSR count). The van der Waals surface area contributed by atoms with Crippen molar-refractivity contribution in [2.75, 3.05) is 18.4 Å². The fourth-order valence-electron chi connectivity index (χ4n) is 3.48. The van der Waals surface area contributed by atoms with Gasteiger partial charge in [0.1, 0.15) is 5.82 Å². The maximum atomic E-state index is 13.6. The van der Waals surface area contributed by atoms with Crippen molar-refractivity contribution in [1.82, 2.24) is 15.6 Å². The maximum Gasteiger partial charge on any atom is 0.291 e. The third kappa shape index (κ3) is 6.60. The molecule has 0 atom stereocenters. The van der Waals surface area contributed by atoms with Crippen molar-refractivity contribution in [3.8, 4) is 0 Å². The zero-order valence-electron chi connectivity index (χ0n) is 18.7. The molecule has 0 aliphatic rings. The number of H-pyrrole nitrogens is 1. The molecule has 0 saturated carbocycles. The molecule has 0 radical (unpaired) electrons. The molecule has 7 nitrogen and oxygen atoms in total. The van der Waals surface area contributed by atoms with Crippen LogP contribution in [0.1, 0.15) is 28.6 Å². The number of benzene rings is 2. The van der Waals surface area contributed by atoms with Crippen LogP contribution < -0.4 is 16.0 Å². The van der Waals surface area contributed by atoms with E-state index >= 15 is 0 Å². The number of rotatable bonds is 8. The van der Waals surface area contributed by atoms with E-state index in [1.807, 2.05) is 37.4 Å². The Balaban J connectivity index is 0.00000324. The summed E-state index contributed by atoms with van der Waals surface area (Å²) in [4.78, 5) is 19.9. The molecule has 9 heteroatoms. The van der Waals surface area contributed by atoms with Gasteiger partial charge in [0, 0.05) is 35.9 Å². The molecule has 2 aromatic heterocycles. The molecule has 4 aromatic rings. The van der Waals surface area contributed by atoms with Crippen molar-refractivity contribution >= 4 is 52.4 Å². The van der Waals surface area contributed by atoms with E-state index in [1.54, 1.807) is 24.3 Å². The number of halogens is 2. The first kappa shape index (κ1) is 25.3. The highest BCUT2D eigenvalue weighted by Crippen LogP contribution is 2.19. The second kappa shape index (κ2) is 12.2. The number of hydrogen-bond acceptors (Lipinski definition) is 3. The third-order valence-corrected chi connectivity index (χ3v) is 5.14. The van der Waals surface area contributed by atoms with Crippen LogP contribution in [0.4, 0.5) is 10.1 Å². The number of guanidine groups is 1. The van der Waals surface area contributed by atoms with Crippen LogP contribution >= 0.6 is 24.0 Å². The number of furan rings is 1. The van der Waals surface area contributed by atoms with Gasteiger partial charge in [-0.15, -0.1) is 24.0 Å². The Hall–Kier alpha value is -3.34. The van der Waals surface area contributed by atoms with Crippen LogP contribution in [0.3, 0.4) is 0 Å². The average Bonchev–Trinajstić information content (AvgIpc) is 3.49. The Kier molecular flexibility index (Phi) is 9.08. The van der Waals surface area contributed by atoms with Gasteiger partial charge in [0.2, 0.25) is 0 Å². The fourth-order valence-corrected chi connectivity index (χ4v) is 3.48. The highest BCUT2D eigenvalue weighted by atomic mass is 127. The van der Waals surface area contributed by atoms with Gasteiger partial charge in [0.15, 0.2) is 11.7 Å². The molecule has 4 N–H and O–H groups in total. The predicted octanol–water partition coefficient (Wildman–Crippen LogP) is 5.07. The number of anilines is 1. The Morgan fingerprint density at radius 3 is 2.68 bits per heavy atom. The SMILES string of the molecule is CCNC(=NCc1ccc(NC(=O)c2ccco2)cc1)NCCc1c[nH]c2ccc(F)cc12.I. The van der Waals surface area contributed by atoms with Gasteiger partial charge in [-0.3, -0.25) is 4.79 Å². The van der Waals surface area contributed by atoms with Crippen molar-refractivity contribution in [3.63, 3.8) is 0 Å². The van der Waals surface area contributed by atoms with Gasteiger partial charge in [-0.2, -0.15) is 0 Å². The van der Waals surface area contributed by atoms with Gasteiger partial charge in [-0.1, -0.05) is 12.1 Å². The number of nitrogens with one attached hydrogen (secondary N) is 4. The van der Waals surface area contributed by atoms with Crippen LogP contribution in [0, 0.1) is 5.82 Å². The second-order valence-corrected chi connectivity index (χ2v) is 7.50. The lowest BCUT2D eigenvalue weighted by Gasteiger charge is -2.11. The smallest absolute Gasteiger partial charge is 0.291 e. The lowest BCUT2D eigenvalue weighted by atomic mass is 10.1.